The molecule has 1 fully saturated rings. The average molecular weight is 844 g/mol. The number of carbonyl (C=O) groups is 3. The summed E-state index contributed by atoms with van der Waals surface area (Å²) < 4.78 is 61.8. The van der Waals surface area contributed by atoms with E-state index in [2.05, 4.69) is 34.4 Å². The van der Waals surface area contributed by atoms with Crippen LogP contribution in [0.25, 0.3) is 11.2 Å². The highest BCUT2D eigenvalue weighted by atomic mass is 35.5. The van der Waals surface area contributed by atoms with Crippen molar-refractivity contribution in [2.75, 3.05) is 43.7 Å². The quantitative estimate of drug-likeness (QED) is 0.0434. The van der Waals surface area contributed by atoms with E-state index >= 15 is 0 Å². The van der Waals surface area contributed by atoms with Gasteiger partial charge in [0.15, 0.2) is 17.7 Å². The second-order valence-corrected chi connectivity index (χ2v) is 17.1. The first-order chi connectivity index (χ1) is 24.1. The van der Waals surface area contributed by atoms with Gasteiger partial charge in [0, 0.05) is 30.7 Å². The molecule has 1 aliphatic rings. The fraction of sp³-hybridized carbons (Fsp3) is 0.652. The van der Waals surface area contributed by atoms with Crippen molar-refractivity contribution in [1.82, 2.24) is 30.2 Å². The third kappa shape index (κ3) is 13.0. The fourth-order valence-corrected chi connectivity index (χ4v) is 7.90. The maximum Gasteiger partial charge on any atom is 0.481 e. The van der Waals surface area contributed by atoms with Crippen molar-refractivity contribution in [1.29, 1.82) is 0 Å². The van der Waals surface area contributed by atoms with Gasteiger partial charge in [-0.15, -0.1) is 11.6 Å². The summed E-state index contributed by atoms with van der Waals surface area (Å²) in [7, 11) is -16.4. The third-order valence-corrected chi connectivity index (χ3v) is 11.2. The zero-order valence-electron chi connectivity index (χ0n) is 27.2. The van der Waals surface area contributed by atoms with Crippen LogP contribution in [0.4, 0.5) is 5.82 Å². The topological polar surface area (TPSA) is 364 Å². The first kappa shape index (κ1) is 44.2. The molecule has 0 bridgehead atoms. The second kappa shape index (κ2) is 18.5. The summed E-state index contributed by atoms with van der Waals surface area (Å²) in [5.74, 6) is -1.37. The van der Waals surface area contributed by atoms with Gasteiger partial charge in [0.1, 0.15) is 36.3 Å². The van der Waals surface area contributed by atoms with Gasteiger partial charge in [-0.2, -0.15) is 4.31 Å². The number of nitrogens with one attached hydrogen (secondary N) is 2. The lowest BCUT2D eigenvalue weighted by atomic mass is 9.87. The molecule has 1 saturated heterocycles. The van der Waals surface area contributed by atoms with Crippen LogP contribution in [0.15, 0.2) is 12.7 Å². The first-order valence-electron chi connectivity index (χ1n) is 14.7. The molecular formula is C23H37ClN7O17P3S. The van der Waals surface area contributed by atoms with Crippen LogP contribution in [-0.2, 0) is 50.7 Å². The number of hydrogen-bond donors (Lipinski definition) is 9. The van der Waals surface area contributed by atoms with Gasteiger partial charge in [0.25, 0.3) is 0 Å². The minimum absolute atomic E-state index is 0.0282. The highest BCUT2D eigenvalue weighted by Gasteiger charge is 2.50. The van der Waals surface area contributed by atoms with E-state index in [0.717, 1.165) is 29.0 Å². The maximum atomic E-state index is 12.6. The van der Waals surface area contributed by atoms with Crippen LogP contribution in [0.3, 0.4) is 0 Å². The van der Waals surface area contributed by atoms with Crippen LogP contribution in [0, 0.1) is 5.41 Å². The van der Waals surface area contributed by atoms with Crippen LogP contribution in [0.1, 0.15) is 26.5 Å². The van der Waals surface area contributed by atoms with Crippen LogP contribution in [0.5, 0.6) is 0 Å². The summed E-state index contributed by atoms with van der Waals surface area (Å²) in [4.78, 5) is 86.2. The highest BCUT2D eigenvalue weighted by molar-refractivity contribution is 8.13. The Morgan fingerprint density at radius 3 is 2.42 bits per heavy atom. The molecule has 2 aromatic rings. The normalized spacial score (nSPS) is 22.4. The highest BCUT2D eigenvalue weighted by Crippen LogP contribution is 2.61. The number of halogens is 1. The number of imidazole rings is 1. The van der Waals surface area contributed by atoms with E-state index in [9.17, 15) is 57.9 Å². The van der Waals surface area contributed by atoms with Crippen molar-refractivity contribution in [3.8, 4) is 0 Å². The number of hydrogen-bond acceptors (Lipinski definition) is 18. The Bertz CT molecular complexity index is 1730. The minimum Gasteiger partial charge on any atom is -0.386 e. The lowest BCUT2D eigenvalue weighted by Gasteiger charge is -2.30. The lowest BCUT2D eigenvalue weighted by molar-refractivity contribution is -0.137. The van der Waals surface area contributed by atoms with Gasteiger partial charge >= 0.3 is 23.5 Å². The molecule has 7 atom stereocenters. The predicted molar refractivity (Wildman–Crippen MR) is 178 cm³/mol. The maximum absolute atomic E-state index is 12.6. The molecule has 52 heavy (non-hydrogen) atoms. The number of rotatable bonds is 20. The van der Waals surface area contributed by atoms with Gasteiger partial charge in [-0.05, 0) is 0 Å². The molecule has 3 heterocycles. The molecule has 1 aliphatic heterocycles. The Labute approximate surface area is 303 Å². The van der Waals surface area contributed by atoms with Gasteiger partial charge in [-0.3, -0.25) is 32.5 Å². The van der Waals surface area contributed by atoms with E-state index < -0.39 is 84.6 Å². The number of aliphatic hydroxyl groups excluding tert-OH is 2. The summed E-state index contributed by atoms with van der Waals surface area (Å²) in [6.07, 6.45) is -6.94. The molecule has 0 aliphatic carbocycles. The minimum atomic E-state index is -5.56. The van der Waals surface area contributed by atoms with E-state index in [4.69, 9.17) is 31.1 Å². The molecule has 0 radical (unpaired) electrons. The molecular weight excluding hydrogens is 807 g/mol. The number of phosphoric ester groups is 3. The first-order valence-corrected chi connectivity index (χ1v) is 20.7. The molecule has 3 unspecified atom stereocenters. The second-order valence-electron chi connectivity index (χ2n) is 11.4. The van der Waals surface area contributed by atoms with Gasteiger partial charge in [-0.25, -0.2) is 28.6 Å². The van der Waals surface area contributed by atoms with Gasteiger partial charge in [0.2, 0.25) is 16.9 Å². The number of anilines is 1. The van der Waals surface area contributed by atoms with Crippen molar-refractivity contribution in [2.45, 2.75) is 50.9 Å². The summed E-state index contributed by atoms with van der Waals surface area (Å²) in [5.41, 5.74) is 4.24. The number of nitrogen functional groups attached to an aromatic ring is 1. The smallest absolute Gasteiger partial charge is 0.386 e. The summed E-state index contributed by atoms with van der Waals surface area (Å²) in [6, 6.07) is 0. The molecule has 2 amide bonds. The number of alkyl halides is 1. The molecule has 10 N–H and O–H groups in total. The van der Waals surface area contributed by atoms with Crippen molar-refractivity contribution in [2.24, 2.45) is 5.41 Å². The van der Waals surface area contributed by atoms with E-state index in [0.29, 0.717) is 5.75 Å². The molecule has 294 valence electrons. The van der Waals surface area contributed by atoms with Crippen LogP contribution < -0.4 is 16.4 Å². The molecule has 2 aromatic heterocycles. The standard InChI is InChI=1S/C23H37ClN7O17P3S/c1-23(2,18(35)21(36)27-4-3-13(32)26-5-6-52-14(33)7-24)9-45-51(42,43)48-50(40,41)44-8-12-17(47-49(37,38)39)16(34)22(46-12)31-11-30-15-19(25)28-10-29-20(15)31/h10-12,16-18,22,34-35H,3-9H2,1-2H3,(H,26,32)(H,27,36)(H,40,41)(H,42,43)(H2,25,28,29)(H2,37,38,39)/t12-,16-,17-,18?,22-/m1/s1. The van der Waals surface area contributed by atoms with E-state index in [1.807, 2.05) is 0 Å². The summed E-state index contributed by atoms with van der Waals surface area (Å²) >= 11 is 6.32. The Morgan fingerprint density at radius 2 is 1.77 bits per heavy atom. The van der Waals surface area contributed by atoms with E-state index in [1.165, 1.54) is 13.8 Å². The number of phosphoric acid groups is 3. The number of thioether (sulfide) groups is 1. The number of fused-ring (bicyclic) bond motifs is 1. The Kier molecular flexibility index (Phi) is 15.7. The van der Waals surface area contributed by atoms with Crippen molar-refractivity contribution in [3.05, 3.63) is 12.7 Å². The molecule has 0 spiro atoms. The van der Waals surface area contributed by atoms with Crippen molar-refractivity contribution < 1.29 is 80.5 Å². The Balaban J connectivity index is 1.54. The van der Waals surface area contributed by atoms with Crippen LogP contribution in [0.2, 0.25) is 0 Å². The molecule has 0 saturated carbocycles. The number of aromatic nitrogens is 4. The Morgan fingerprint density at radius 1 is 1.10 bits per heavy atom. The SMILES string of the molecule is CC(C)(COP(=O)(O)OP(=O)(O)OC[C@H]1O[C@@H](n2cnc3c(N)ncnc32)[C@H](O)[C@@H]1OP(=O)(O)O)C(O)C(=O)NCCC(=O)NCCSC(=O)CCl. The van der Waals surface area contributed by atoms with Gasteiger partial charge < -0.3 is 50.9 Å². The summed E-state index contributed by atoms with van der Waals surface area (Å²) in [5, 5.41) is 25.9. The van der Waals surface area contributed by atoms with Gasteiger partial charge in [0.05, 0.1) is 25.4 Å². The van der Waals surface area contributed by atoms with E-state index in [1.54, 1.807) is 0 Å². The average Bonchev–Trinajstić information content (AvgIpc) is 3.60. The van der Waals surface area contributed by atoms with Gasteiger partial charge in [-0.1, -0.05) is 25.6 Å². The number of ether oxygens (including phenoxy) is 1. The Hall–Kier alpha value is -2.15. The number of nitrogens with two attached hydrogens (primary N) is 1. The molecule has 0 aromatic carbocycles. The number of amides is 2. The third-order valence-electron chi connectivity index (χ3n) is 6.87. The van der Waals surface area contributed by atoms with Crippen molar-refractivity contribution >= 4 is 80.7 Å². The monoisotopic (exact) mass is 843 g/mol. The number of nitrogens with zero attached hydrogens (tertiary/aromatic N) is 4. The van der Waals surface area contributed by atoms with Crippen molar-refractivity contribution in [3.63, 3.8) is 0 Å². The number of carbonyl (C=O) groups excluding carboxylic acids is 3. The lowest BCUT2D eigenvalue weighted by Crippen LogP contribution is -2.46. The van der Waals surface area contributed by atoms with Crippen LogP contribution >= 0.6 is 46.8 Å². The van der Waals surface area contributed by atoms with E-state index in [-0.39, 0.29) is 47.5 Å². The predicted octanol–water partition coefficient (Wildman–Crippen LogP) is -1.10. The molecule has 3 rings (SSSR count). The number of aliphatic hydroxyl groups is 2. The molecule has 24 nitrogen and oxygen atoms in total. The zero-order chi connectivity index (χ0) is 39.1. The van der Waals surface area contributed by atoms with Crippen LogP contribution in [-0.4, -0.2) is 129 Å². The fourth-order valence-electron chi connectivity index (χ4n) is 4.33. The summed E-state index contributed by atoms with van der Waals surface area (Å²) in [6.45, 7) is 0.418. The zero-order valence-corrected chi connectivity index (χ0v) is 31.4. The largest absolute Gasteiger partial charge is 0.481 e. The molecule has 29 heteroatoms.